The van der Waals surface area contributed by atoms with Crippen LogP contribution in [0.2, 0.25) is 5.02 Å². The topological polar surface area (TPSA) is 24.4 Å². The van der Waals surface area contributed by atoms with E-state index >= 15 is 0 Å². The molecule has 2 aromatic carbocycles. The fraction of sp³-hybridized carbons (Fsp3) is 0. The lowest BCUT2D eigenvalue weighted by Crippen LogP contribution is -2.27. The second-order valence-corrected chi connectivity index (χ2v) is 6.25. The van der Waals surface area contributed by atoms with E-state index in [9.17, 15) is 0 Å². The van der Waals surface area contributed by atoms with Crippen LogP contribution in [-0.2, 0) is 0 Å². The normalized spacial score (nSPS) is 14.3. The minimum absolute atomic E-state index is 0.376. The quantitative estimate of drug-likeness (QED) is 0.802. The van der Waals surface area contributed by atoms with Crippen LogP contribution in [0.25, 0.3) is 0 Å². The van der Waals surface area contributed by atoms with E-state index in [-0.39, 0.29) is 21.0 Å². The zero-order valence-electron chi connectivity index (χ0n) is 9.40. The molecule has 0 bridgehead atoms. The number of benzene rings is 2. The molecule has 1 heterocycles. The lowest BCUT2D eigenvalue weighted by atomic mass is 10.2. The summed E-state index contributed by atoms with van der Waals surface area (Å²) in [6, 6.07) is 18.1. The summed E-state index contributed by atoms with van der Waals surface area (Å²) in [6.45, 7) is 0. The lowest BCUT2D eigenvalue weighted by Gasteiger charge is -2.07. The first-order valence-electron chi connectivity index (χ1n) is 5.51. The van der Waals surface area contributed by atoms with Crippen LogP contribution in [0.5, 0.6) is 0 Å². The van der Waals surface area contributed by atoms with Crippen molar-refractivity contribution in [2.45, 2.75) is 0 Å². The molecule has 3 rings (SSSR count). The van der Waals surface area contributed by atoms with Crippen molar-refractivity contribution in [2.75, 3.05) is 0 Å². The molecule has 0 saturated carbocycles. The van der Waals surface area contributed by atoms with Gasteiger partial charge in [0.1, 0.15) is 9.47 Å². The highest BCUT2D eigenvalue weighted by molar-refractivity contribution is 14.2. The highest BCUT2D eigenvalue weighted by Crippen LogP contribution is 2.23. The van der Waals surface area contributed by atoms with E-state index in [0.29, 0.717) is 0 Å². The number of hydrogen-bond donors (Lipinski definition) is 1. The fourth-order valence-corrected chi connectivity index (χ4v) is 4.08. The van der Waals surface area contributed by atoms with Gasteiger partial charge in [0.15, 0.2) is 0 Å². The van der Waals surface area contributed by atoms with Gasteiger partial charge in [-0.05, 0) is 6.07 Å². The third kappa shape index (κ3) is 2.33. The average Bonchev–Trinajstić information content (AvgIpc) is 2.90. The van der Waals surface area contributed by atoms with Gasteiger partial charge >= 0.3 is 0 Å². The van der Waals surface area contributed by atoms with Crippen LogP contribution in [0.15, 0.2) is 57.8 Å². The summed E-state index contributed by atoms with van der Waals surface area (Å²) in [4.78, 5) is 0. The molecule has 0 aliphatic carbocycles. The Balaban J connectivity index is 1.85. The van der Waals surface area contributed by atoms with Crippen molar-refractivity contribution in [3.63, 3.8) is 0 Å². The van der Waals surface area contributed by atoms with Crippen molar-refractivity contribution in [1.82, 2.24) is 5.32 Å². The number of nitrogens with zero attached hydrogens (tertiary/aromatic N) is 1. The molecular weight excluding hydrogens is 359 g/mol. The Kier molecular flexibility index (Phi) is 3.43. The maximum absolute atomic E-state index is 6.20. The minimum atomic E-state index is -0.376. The molecular formula is C14H10ClIN2. The number of hydrogen-bond acceptors (Lipinski definition) is 2. The van der Waals surface area contributed by atoms with Gasteiger partial charge < -0.3 is 5.32 Å². The molecule has 1 aliphatic rings. The summed E-state index contributed by atoms with van der Waals surface area (Å²) in [5.41, 5.74) is 2.20. The fourth-order valence-electron chi connectivity index (χ4n) is 1.70. The number of amidine groups is 1. The molecule has 1 aliphatic heterocycles. The molecule has 4 heteroatoms. The molecule has 0 amide bonds. The van der Waals surface area contributed by atoms with E-state index in [1.807, 2.05) is 42.5 Å². The highest BCUT2D eigenvalue weighted by Gasteiger charge is 2.15. The predicted molar refractivity (Wildman–Crippen MR) is 85.7 cm³/mol. The molecule has 2 nitrogen and oxygen atoms in total. The Morgan fingerprint density at radius 3 is 2.44 bits per heavy atom. The molecule has 0 spiro atoms. The van der Waals surface area contributed by atoms with Gasteiger partial charge in [-0.3, -0.25) is 0 Å². The first kappa shape index (κ1) is 11.9. The molecule has 0 saturated heterocycles. The van der Waals surface area contributed by atoms with E-state index < -0.39 is 0 Å². The minimum Gasteiger partial charge on any atom is -0.333 e. The second kappa shape index (κ2) is 5.20. The summed E-state index contributed by atoms with van der Waals surface area (Å²) >= 11 is 5.83. The zero-order valence-corrected chi connectivity index (χ0v) is 12.3. The summed E-state index contributed by atoms with van der Waals surface area (Å²) < 4.78 is 5.79. The highest BCUT2D eigenvalue weighted by atomic mass is 127. The molecule has 0 unspecified atom stereocenters. The summed E-state index contributed by atoms with van der Waals surface area (Å²) in [6.07, 6.45) is 0. The zero-order chi connectivity index (χ0) is 12.4. The van der Waals surface area contributed by atoms with Gasteiger partial charge in [0.25, 0.3) is 0 Å². The Labute approximate surface area is 121 Å². The number of halogens is 2. The van der Waals surface area contributed by atoms with E-state index in [1.165, 1.54) is 3.63 Å². The van der Waals surface area contributed by atoms with Crippen LogP contribution in [-0.4, -0.2) is 9.47 Å². The third-order valence-corrected chi connectivity index (χ3v) is 4.98. The Morgan fingerprint density at radius 2 is 1.67 bits per heavy atom. The Morgan fingerprint density at radius 1 is 0.944 bits per heavy atom. The van der Waals surface area contributed by atoms with Crippen molar-refractivity contribution in [1.29, 1.82) is 0 Å². The van der Waals surface area contributed by atoms with E-state index in [2.05, 4.69) is 20.7 Å². The summed E-state index contributed by atoms with van der Waals surface area (Å²) in [7, 11) is 0. The van der Waals surface area contributed by atoms with Crippen LogP contribution < -0.4 is 5.32 Å². The van der Waals surface area contributed by atoms with Crippen molar-refractivity contribution in [3.8, 4) is 0 Å². The summed E-state index contributed by atoms with van der Waals surface area (Å²) in [5.74, 6) is 0.957. The molecule has 90 valence electrons. The van der Waals surface area contributed by atoms with Gasteiger partial charge in [-0.1, -0.05) is 60.1 Å². The Hall–Kier alpha value is -1.20. The van der Waals surface area contributed by atoms with Gasteiger partial charge in [0.2, 0.25) is 0 Å². The first-order valence-corrected chi connectivity index (χ1v) is 7.93. The smallest absolute Gasteiger partial charge is 0.143 e. The molecule has 0 atom stereocenters. The molecule has 2 aromatic rings. The van der Waals surface area contributed by atoms with E-state index in [4.69, 9.17) is 11.6 Å². The van der Waals surface area contributed by atoms with Gasteiger partial charge in [-0.15, -0.1) is 0 Å². The standard InChI is InChI=1S/C14H10ClIN2/c15-12-9-5-4-8-11(12)13-16-18-14(17-13)10-6-2-1-3-7-10/h1-9H,(H,17,18). The van der Waals surface area contributed by atoms with Crippen molar-refractivity contribution >= 4 is 42.1 Å². The molecule has 0 aromatic heterocycles. The molecule has 18 heavy (non-hydrogen) atoms. The van der Waals surface area contributed by atoms with Gasteiger partial charge in [-0.25, -0.2) is 3.21 Å². The van der Waals surface area contributed by atoms with Crippen LogP contribution in [0.4, 0.5) is 0 Å². The molecule has 1 N–H and O–H groups in total. The molecule has 0 radical (unpaired) electrons. The van der Waals surface area contributed by atoms with Crippen LogP contribution >= 0.6 is 32.6 Å². The van der Waals surface area contributed by atoms with Gasteiger partial charge in [-0.2, -0.15) is 0 Å². The number of rotatable bonds is 2. The monoisotopic (exact) mass is 368 g/mol. The summed E-state index contributed by atoms with van der Waals surface area (Å²) in [5, 5.41) is 4.18. The maximum Gasteiger partial charge on any atom is 0.143 e. The van der Waals surface area contributed by atoms with Gasteiger partial charge in [0.05, 0.1) is 26.0 Å². The average molecular weight is 369 g/mol. The van der Waals surface area contributed by atoms with Crippen LogP contribution in [0.1, 0.15) is 11.1 Å². The third-order valence-electron chi connectivity index (χ3n) is 2.60. The molecule has 0 fully saturated rings. The SMILES string of the molecule is Clc1ccccc1C1=IN=C(c2ccccc2)N1. The van der Waals surface area contributed by atoms with Crippen molar-refractivity contribution in [3.05, 3.63) is 70.7 Å². The maximum atomic E-state index is 6.20. The van der Waals surface area contributed by atoms with Gasteiger partial charge in [0, 0.05) is 11.1 Å². The van der Waals surface area contributed by atoms with Crippen LogP contribution in [0.3, 0.4) is 0 Å². The number of nitrogens with one attached hydrogen (secondary N) is 1. The second-order valence-electron chi connectivity index (χ2n) is 3.80. The largest absolute Gasteiger partial charge is 0.333 e. The van der Waals surface area contributed by atoms with Crippen molar-refractivity contribution in [2.24, 2.45) is 3.21 Å². The lowest BCUT2D eigenvalue weighted by molar-refractivity contribution is 1.38. The predicted octanol–water partition coefficient (Wildman–Crippen LogP) is 3.75. The van der Waals surface area contributed by atoms with Crippen molar-refractivity contribution < 1.29 is 0 Å². The van der Waals surface area contributed by atoms with E-state index in [0.717, 1.165) is 22.0 Å². The van der Waals surface area contributed by atoms with E-state index in [1.54, 1.807) is 0 Å². The first-order chi connectivity index (χ1) is 8.84. The Bertz CT molecular complexity index is 635. The van der Waals surface area contributed by atoms with Crippen LogP contribution in [0, 0.1) is 0 Å².